The average molecular weight is 363 g/mol. The molecule has 6 nitrogen and oxygen atoms in total. The minimum atomic E-state index is -0.375. The number of rotatable bonds is 7. The Kier molecular flexibility index (Phi) is 5.99. The summed E-state index contributed by atoms with van der Waals surface area (Å²) in [6, 6.07) is 17.2. The van der Waals surface area contributed by atoms with Crippen LogP contribution in [0.3, 0.4) is 0 Å². The molecule has 1 N–H and O–H groups in total. The molecule has 3 aromatic rings. The normalized spacial score (nSPS) is 10.4. The number of ether oxygens (including phenoxy) is 1. The molecule has 0 spiro atoms. The number of esters is 1. The van der Waals surface area contributed by atoms with E-state index in [4.69, 9.17) is 4.74 Å². The maximum atomic E-state index is 12.1. The molecule has 0 saturated heterocycles. The Bertz CT molecular complexity index is 902. The summed E-state index contributed by atoms with van der Waals surface area (Å²) < 4.78 is 6.63. The molecule has 138 valence electrons. The number of carbonyl (C=O) groups is 2. The Morgan fingerprint density at radius 1 is 1.04 bits per heavy atom. The van der Waals surface area contributed by atoms with Gasteiger partial charge in [-0.05, 0) is 30.2 Å². The molecule has 6 heteroatoms. The highest BCUT2D eigenvalue weighted by atomic mass is 16.5. The van der Waals surface area contributed by atoms with E-state index in [0.29, 0.717) is 25.1 Å². The molecule has 0 unspecified atom stereocenters. The SMILES string of the molecule is CCOC(=O)c1cnn(Cc2ccc(NC(=O)Cc3ccccc3)cc2)c1. The van der Waals surface area contributed by atoms with Crippen molar-refractivity contribution < 1.29 is 14.3 Å². The van der Waals surface area contributed by atoms with Gasteiger partial charge in [0.15, 0.2) is 0 Å². The molecule has 0 fully saturated rings. The van der Waals surface area contributed by atoms with Crippen molar-refractivity contribution in [2.45, 2.75) is 19.9 Å². The minimum absolute atomic E-state index is 0.0555. The Labute approximate surface area is 157 Å². The third-order valence-corrected chi connectivity index (χ3v) is 3.93. The Morgan fingerprint density at radius 2 is 1.78 bits per heavy atom. The first kappa shape index (κ1) is 18.4. The fraction of sp³-hybridized carbons (Fsp3) is 0.190. The van der Waals surface area contributed by atoms with Crippen molar-refractivity contribution in [3.8, 4) is 0 Å². The van der Waals surface area contributed by atoms with E-state index in [9.17, 15) is 9.59 Å². The van der Waals surface area contributed by atoms with Crippen LogP contribution in [-0.4, -0.2) is 28.3 Å². The Hall–Kier alpha value is -3.41. The number of hydrogen-bond donors (Lipinski definition) is 1. The van der Waals surface area contributed by atoms with Crippen LogP contribution in [0.15, 0.2) is 67.0 Å². The summed E-state index contributed by atoms with van der Waals surface area (Å²) in [5, 5.41) is 7.07. The molecule has 0 bridgehead atoms. The third-order valence-electron chi connectivity index (χ3n) is 3.93. The van der Waals surface area contributed by atoms with Gasteiger partial charge in [0.1, 0.15) is 0 Å². The van der Waals surface area contributed by atoms with Crippen LogP contribution in [0.25, 0.3) is 0 Å². The number of nitrogens with one attached hydrogen (secondary N) is 1. The molecule has 3 rings (SSSR count). The molecule has 1 amide bonds. The zero-order chi connectivity index (χ0) is 19.1. The van der Waals surface area contributed by atoms with Crippen LogP contribution in [0.4, 0.5) is 5.69 Å². The monoisotopic (exact) mass is 363 g/mol. The van der Waals surface area contributed by atoms with Crippen molar-refractivity contribution in [1.29, 1.82) is 0 Å². The van der Waals surface area contributed by atoms with Gasteiger partial charge in [-0.3, -0.25) is 9.48 Å². The van der Waals surface area contributed by atoms with Crippen LogP contribution in [0.5, 0.6) is 0 Å². The molecular formula is C21H21N3O3. The Balaban J connectivity index is 1.56. The Morgan fingerprint density at radius 3 is 2.48 bits per heavy atom. The lowest BCUT2D eigenvalue weighted by Gasteiger charge is -2.07. The van der Waals surface area contributed by atoms with Gasteiger partial charge < -0.3 is 10.1 Å². The van der Waals surface area contributed by atoms with Crippen LogP contribution >= 0.6 is 0 Å². The second-order valence-electron chi connectivity index (χ2n) is 6.05. The molecule has 1 heterocycles. The van der Waals surface area contributed by atoms with Gasteiger partial charge in [0.25, 0.3) is 0 Å². The van der Waals surface area contributed by atoms with Crippen LogP contribution in [0.2, 0.25) is 0 Å². The van der Waals surface area contributed by atoms with Gasteiger partial charge in [-0.2, -0.15) is 5.10 Å². The fourth-order valence-electron chi connectivity index (χ4n) is 2.64. The number of nitrogens with zero attached hydrogens (tertiary/aromatic N) is 2. The number of anilines is 1. The van der Waals surface area contributed by atoms with Crippen molar-refractivity contribution in [3.63, 3.8) is 0 Å². The summed E-state index contributed by atoms with van der Waals surface area (Å²) in [7, 11) is 0. The smallest absolute Gasteiger partial charge is 0.341 e. The average Bonchev–Trinajstić information content (AvgIpc) is 3.13. The predicted octanol–water partition coefficient (Wildman–Crippen LogP) is 3.29. The van der Waals surface area contributed by atoms with E-state index < -0.39 is 0 Å². The highest BCUT2D eigenvalue weighted by Gasteiger charge is 2.09. The van der Waals surface area contributed by atoms with E-state index >= 15 is 0 Å². The maximum Gasteiger partial charge on any atom is 0.341 e. The molecule has 0 aliphatic heterocycles. The highest BCUT2D eigenvalue weighted by Crippen LogP contribution is 2.12. The van der Waals surface area contributed by atoms with E-state index in [2.05, 4.69) is 10.4 Å². The predicted molar refractivity (Wildman–Crippen MR) is 103 cm³/mol. The maximum absolute atomic E-state index is 12.1. The van der Waals surface area contributed by atoms with Gasteiger partial charge in [0.05, 0.1) is 31.3 Å². The molecular weight excluding hydrogens is 342 g/mol. The van der Waals surface area contributed by atoms with Gasteiger partial charge in [0, 0.05) is 11.9 Å². The van der Waals surface area contributed by atoms with Crippen molar-refractivity contribution >= 4 is 17.6 Å². The van der Waals surface area contributed by atoms with Crippen LogP contribution in [-0.2, 0) is 22.5 Å². The molecule has 27 heavy (non-hydrogen) atoms. The molecule has 0 saturated carbocycles. The first-order valence-electron chi connectivity index (χ1n) is 8.76. The zero-order valence-corrected chi connectivity index (χ0v) is 15.1. The van der Waals surface area contributed by atoms with Gasteiger partial charge >= 0.3 is 5.97 Å². The lowest BCUT2D eigenvalue weighted by molar-refractivity contribution is -0.115. The van der Waals surface area contributed by atoms with Crippen molar-refractivity contribution in [3.05, 3.63) is 83.7 Å². The number of aromatic nitrogens is 2. The van der Waals surface area contributed by atoms with E-state index in [-0.39, 0.29) is 11.9 Å². The number of hydrogen-bond acceptors (Lipinski definition) is 4. The van der Waals surface area contributed by atoms with Gasteiger partial charge in [0.2, 0.25) is 5.91 Å². The van der Waals surface area contributed by atoms with Crippen LogP contribution < -0.4 is 5.32 Å². The summed E-state index contributed by atoms with van der Waals surface area (Å²) in [5.74, 6) is -0.430. The summed E-state index contributed by atoms with van der Waals surface area (Å²) >= 11 is 0. The fourth-order valence-corrected chi connectivity index (χ4v) is 2.64. The van der Waals surface area contributed by atoms with Gasteiger partial charge in [-0.1, -0.05) is 42.5 Å². The van der Waals surface area contributed by atoms with Gasteiger partial charge in [-0.25, -0.2) is 4.79 Å². The van der Waals surface area contributed by atoms with E-state index in [1.54, 1.807) is 17.8 Å². The molecule has 0 atom stereocenters. The minimum Gasteiger partial charge on any atom is -0.462 e. The third kappa shape index (κ3) is 5.28. The quantitative estimate of drug-likeness (QED) is 0.654. The first-order chi connectivity index (χ1) is 13.1. The first-order valence-corrected chi connectivity index (χ1v) is 8.76. The van der Waals surface area contributed by atoms with Gasteiger partial charge in [-0.15, -0.1) is 0 Å². The van der Waals surface area contributed by atoms with E-state index in [1.165, 1.54) is 6.20 Å². The van der Waals surface area contributed by atoms with Crippen LogP contribution in [0.1, 0.15) is 28.4 Å². The number of benzene rings is 2. The highest BCUT2D eigenvalue weighted by molar-refractivity contribution is 5.92. The largest absolute Gasteiger partial charge is 0.462 e. The molecule has 2 aromatic carbocycles. The van der Waals surface area contributed by atoms with E-state index in [1.807, 2.05) is 54.6 Å². The molecule has 0 aliphatic rings. The van der Waals surface area contributed by atoms with E-state index in [0.717, 1.165) is 16.8 Å². The molecule has 0 aliphatic carbocycles. The lowest BCUT2D eigenvalue weighted by Crippen LogP contribution is -2.14. The summed E-state index contributed by atoms with van der Waals surface area (Å²) in [6.45, 7) is 2.63. The zero-order valence-electron chi connectivity index (χ0n) is 15.1. The second kappa shape index (κ2) is 8.80. The van der Waals surface area contributed by atoms with Crippen molar-refractivity contribution in [1.82, 2.24) is 9.78 Å². The molecule has 0 radical (unpaired) electrons. The topological polar surface area (TPSA) is 73.2 Å². The lowest BCUT2D eigenvalue weighted by atomic mass is 10.1. The standard InChI is InChI=1S/C21H21N3O3/c1-2-27-21(26)18-13-22-24(15-18)14-17-8-10-19(11-9-17)23-20(25)12-16-6-4-3-5-7-16/h3-11,13,15H,2,12,14H2,1H3,(H,23,25). The second-order valence-corrected chi connectivity index (χ2v) is 6.05. The summed E-state index contributed by atoms with van der Waals surface area (Å²) in [5.41, 5.74) is 3.16. The number of carbonyl (C=O) groups excluding carboxylic acids is 2. The van der Waals surface area contributed by atoms with Crippen LogP contribution in [0, 0.1) is 0 Å². The van der Waals surface area contributed by atoms with Crippen molar-refractivity contribution in [2.75, 3.05) is 11.9 Å². The molecule has 1 aromatic heterocycles. The summed E-state index contributed by atoms with van der Waals surface area (Å²) in [4.78, 5) is 23.8. The summed E-state index contributed by atoms with van der Waals surface area (Å²) in [6.07, 6.45) is 3.50. The number of amides is 1. The van der Waals surface area contributed by atoms with Crippen molar-refractivity contribution in [2.24, 2.45) is 0 Å².